The van der Waals surface area contributed by atoms with Crippen molar-refractivity contribution >= 4 is 34.8 Å². The van der Waals surface area contributed by atoms with Gasteiger partial charge in [0.1, 0.15) is 5.75 Å². The predicted molar refractivity (Wildman–Crippen MR) is 67.9 cm³/mol. The monoisotopic (exact) mass is 269 g/mol. The number of benzene rings is 1. The number of nitrogens with two attached hydrogens (primary N) is 1. The second-order valence-electron chi connectivity index (χ2n) is 3.94. The summed E-state index contributed by atoms with van der Waals surface area (Å²) in [5.41, 5.74) is 6.33. The molecule has 0 unspecified atom stereocenters. The topological polar surface area (TPSA) is 93.5 Å². The Morgan fingerprint density at radius 1 is 1.61 bits per heavy atom. The molecular formula is C11H12ClN3O3. The van der Waals surface area contributed by atoms with Gasteiger partial charge in [-0.15, -0.1) is 0 Å². The smallest absolute Gasteiger partial charge is 0.262 e. The molecule has 0 spiro atoms. The average Bonchev–Trinajstić information content (AvgIpc) is 2.30. The first-order chi connectivity index (χ1) is 8.47. The van der Waals surface area contributed by atoms with Crippen LogP contribution in [0.2, 0.25) is 5.02 Å². The van der Waals surface area contributed by atoms with E-state index in [9.17, 15) is 9.59 Å². The Kier molecular flexibility index (Phi) is 3.40. The lowest BCUT2D eigenvalue weighted by atomic mass is 10.2. The Balaban J connectivity index is 2.28. The average molecular weight is 270 g/mol. The molecule has 2 amide bonds. The normalized spacial score (nSPS) is 15.2. The van der Waals surface area contributed by atoms with Crippen LogP contribution in [0, 0.1) is 0 Å². The van der Waals surface area contributed by atoms with Crippen LogP contribution in [0.4, 0.5) is 11.4 Å². The molecule has 1 atom stereocenters. The highest BCUT2D eigenvalue weighted by Gasteiger charge is 2.19. The fraction of sp³-hybridized carbons (Fsp3) is 0.273. The number of halogens is 1. The second kappa shape index (κ2) is 4.83. The third-order valence-corrected chi connectivity index (χ3v) is 2.69. The lowest BCUT2D eigenvalue weighted by Gasteiger charge is -2.20. The fourth-order valence-electron chi connectivity index (χ4n) is 1.44. The van der Waals surface area contributed by atoms with Gasteiger partial charge in [-0.25, -0.2) is 0 Å². The van der Waals surface area contributed by atoms with Crippen LogP contribution in [0.15, 0.2) is 12.1 Å². The van der Waals surface area contributed by atoms with Crippen molar-refractivity contribution in [2.45, 2.75) is 13.0 Å². The van der Waals surface area contributed by atoms with Crippen LogP contribution in [0.25, 0.3) is 0 Å². The molecule has 4 N–H and O–H groups in total. The van der Waals surface area contributed by atoms with Gasteiger partial charge in [0, 0.05) is 6.07 Å². The number of ether oxygens (including phenoxy) is 1. The quantitative estimate of drug-likeness (QED) is 0.745. The van der Waals surface area contributed by atoms with Crippen molar-refractivity contribution in [2.24, 2.45) is 5.73 Å². The maximum absolute atomic E-state index is 11.5. The number of fused-ring (bicyclic) bond motifs is 1. The SMILES string of the molecule is C[C@H](N)C(=O)Nc1cc2c(cc1Cl)NC(=O)CO2. The zero-order chi connectivity index (χ0) is 13.3. The summed E-state index contributed by atoms with van der Waals surface area (Å²) in [6.45, 7) is 1.51. The van der Waals surface area contributed by atoms with E-state index in [0.29, 0.717) is 22.1 Å². The lowest BCUT2D eigenvalue weighted by Crippen LogP contribution is -2.32. The molecule has 96 valence electrons. The molecule has 6 nitrogen and oxygen atoms in total. The van der Waals surface area contributed by atoms with Gasteiger partial charge in [0.15, 0.2) is 6.61 Å². The van der Waals surface area contributed by atoms with Crippen LogP contribution in [0.3, 0.4) is 0 Å². The Labute approximate surface area is 108 Å². The molecular weight excluding hydrogens is 258 g/mol. The van der Waals surface area contributed by atoms with Crippen molar-refractivity contribution in [3.63, 3.8) is 0 Å². The van der Waals surface area contributed by atoms with Crippen LogP contribution in [0.1, 0.15) is 6.92 Å². The summed E-state index contributed by atoms with van der Waals surface area (Å²) in [5.74, 6) is -0.137. The van der Waals surface area contributed by atoms with E-state index in [1.54, 1.807) is 13.0 Å². The summed E-state index contributed by atoms with van der Waals surface area (Å²) in [7, 11) is 0. The number of carbonyl (C=O) groups excluding carboxylic acids is 2. The Morgan fingerprint density at radius 3 is 3.00 bits per heavy atom. The molecule has 1 heterocycles. The number of hydrogen-bond acceptors (Lipinski definition) is 4. The molecule has 0 aromatic heterocycles. The van der Waals surface area contributed by atoms with Crippen LogP contribution in [0.5, 0.6) is 5.75 Å². The van der Waals surface area contributed by atoms with Crippen LogP contribution >= 0.6 is 11.6 Å². The summed E-state index contributed by atoms with van der Waals surface area (Å²) in [6, 6.07) is 2.43. The Bertz CT molecular complexity index is 517. The van der Waals surface area contributed by atoms with Gasteiger partial charge in [-0.05, 0) is 13.0 Å². The molecule has 18 heavy (non-hydrogen) atoms. The predicted octanol–water partition coefficient (Wildman–Crippen LogP) is 0.957. The molecule has 0 aliphatic carbocycles. The zero-order valence-electron chi connectivity index (χ0n) is 9.62. The summed E-state index contributed by atoms with van der Waals surface area (Å²) in [6.07, 6.45) is 0. The Hall–Kier alpha value is -1.79. The van der Waals surface area contributed by atoms with E-state index in [4.69, 9.17) is 22.1 Å². The van der Waals surface area contributed by atoms with Gasteiger partial charge in [0.05, 0.1) is 22.4 Å². The first kappa shape index (κ1) is 12.7. The van der Waals surface area contributed by atoms with E-state index in [-0.39, 0.29) is 18.4 Å². The van der Waals surface area contributed by atoms with Crippen molar-refractivity contribution < 1.29 is 14.3 Å². The summed E-state index contributed by atoms with van der Waals surface area (Å²) < 4.78 is 5.22. The van der Waals surface area contributed by atoms with Crippen molar-refractivity contribution in [1.29, 1.82) is 0 Å². The van der Waals surface area contributed by atoms with E-state index >= 15 is 0 Å². The number of amides is 2. The molecule has 0 saturated carbocycles. The van der Waals surface area contributed by atoms with Gasteiger partial charge < -0.3 is 21.1 Å². The highest BCUT2D eigenvalue weighted by atomic mass is 35.5. The van der Waals surface area contributed by atoms with Crippen LogP contribution < -0.4 is 21.1 Å². The van der Waals surface area contributed by atoms with Crippen molar-refractivity contribution in [3.8, 4) is 5.75 Å². The van der Waals surface area contributed by atoms with Gasteiger partial charge >= 0.3 is 0 Å². The maximum atomic E-state index is 11.5. The number of nitrogens with one attached hydrogen (secondary N) is 2. The number of rotatable bonds is 2. The van der Waals surface area contributed by atoms with Crippen molar-refractivity contribution in [2.75, 3.05) is 17.2 Å². The molecule has 1 aliphatic heterocycles. The van der Waals surface area contributed by atoms with E-state index in [1.807, 2.05) is 0 Å². The summed E-state index contributed by atoms with van der Waals surface area (Å²) in [5, 5.41) is 5.50. The van der Waals surface area contributed by atoms with Gasteiger partial charge in [-0.3, -0.25) is 9.59 Å². The van der Waals surface area contributed by atoms with Gasteiger partial charge in [0.25, 0.3) is 5.91 Å². The molecule has 0 radical (unpaired) electrons. The van der Waals surface area contributed by atoms with E-state index in [1.165, 1.54) is 6.07 Å². The summed E-state index contributed by atoms with van der Waals surface area (Å²) >= 11 is 6.00. The molecule has 1 aromatic carbocycles. The minimum Gasteiger partial charge on any atom is -0.482 e. The number of anilines is 2. The first-order valence-corrected chi connectivity index (χ1v) is 5.68. The largest absolute Gasteiger partial charge is 0.482 e. The molecule has 7 heteroatoms. The maximum Gasteiger partial charge on any atom is 0.262 e. The van der Waals surface area contributed by atoms with Gasteiger partial charge in [-0.1, -0.05) is 11.6 Å². The molecule has 2 rings (SSSR count). The zero-order valence-corrected chi connectivity index (χ0v) is 10.4. The third kappa shape index (κ3) is 2.55. The second-order valence-corrected chi connectivity index (χ2v) is 4.35. The Morgan fingerprint density at radius 2 is 2.33 bits per heavy atom. The minimum atomic E-state index is -0.641. The fourth-order valence-corrected chi connectivity index (χ4v) is 1.65. The van der Waals surface area contributed by atoms with Crippen molar-refractivity contribution in [1.82, 2.24) is 0 Å². The highest BCUT2D eigenvalue weighted by molar-refractivity contribution is 6.34. The number of hydrogen-bond donors (Lipinski definition) is 3. The molecule has 0 bridgehead atoms. The number of carbonyl (C=O) groups is 2. The molecule has 1 aromatic rings. The minimum absolute atomic E-state index is 0.0602. The van der Waals surface area contributed by atoms with E-state index in [2.05, 4.69) is 10.6 Å². The van der Waals surface area contributed by atoms with Gasteiger partial charge in [0.2, 0.25) is 5.91 Å². The van der Waals surface area contributed by atoms with Crippen LogP contribution in [-0.4, -0.2) is 24.5 Å². The standard InChI is InChI=1S/C11H12ClN3O3/c1-5(13)11(17)15-7-3-9-8(2-6(7)12)14-10(16)4-18-9/h2-3,5H,4,13H2,1H3,(H,14,16)(H,15,17)/t5-/m0/s1. The van der Waals surface area contributed by atoms with E-state index in [0.717, 1.165) is 0 Å². The molecule has 1 aliphatic rings. The lowest BCUT2D eigenvalue weighted by molar-refractivity contribution is -0.119. The molecule has 0 saturated heterocycles. The first-order valence-electron chi connectivity index (χ1n) is 5.30. The van der Waals surface area contributed by atoms with E-state index < -0.39 is 6.04 Å². The van der Waals surface area contributed by atoms with Crippen LogP contribution in [-0.2, 0) is 9.59 Å². The third-order valence-electron chi connectivity index (χ3n) is 2.37. The van der Waals surface area contributed by atoms with Gasteiger partial charge in [-0.2, -0.15) is 0 Å². The highest BCUT2D eigenvalue weighted by Crippen LogP contribution is 2.36. The summed E-state index contributed by atoms with van der Waals surface area (Å²) in [4.78, 5) is 22.6. The molecule has 0 fully saturated rings. The van der Waals surface area contributed by atoms with Crippen molar-refractivity contribution in [3.05, 3.63) is 17.2 Å².